The lowest BCUT2D eigenvalue weighted by Gasteiger charge is -2.31. The summed E-state index contributed by atoms with van der Waals surface area (Å²) in [4.78, 5) is 17.3. The third-order valence-electron chi connectivity index (χ3n) is 9.55. The van der Waals surface area contributed by atoms with Gasteiger partial charge in [0.05, 0.1) is 44.5 Å². The van der Waals surface area contributed by atoms with Crippen molar-refractivity contribution in [2.45, 2.75) is 69.3 Å². The van der Waals surface area contributed by atoms with Crippen molar-refractivity contribution in [1.29, 1.82) is 0 Å². The maximum absolute atomic E-state index is 13.9. The van der Waals surface area contributed by atoms with Gasteiger partial charge in [0.1, 0.15) is 16.7 Å². The molecule has 0 spiro atoms. The van der Waals surface area contributed by atoms with Crippen LogP contribution in [0.1, 0.15) is 37.0 Å². The van der Waals surface area contributed by atoms with Gasteiger partial charge in [0.2, 0.25) is 10.0 Å². The number of aromatic nitrogens is 1. The van der Waals surface area contributed by atoms with E-state index >= 15 is 0 Å². The van der Waals surface area contributed by atoms with Crippen LogP contribution < -0.4 is 10.1 Å². The zero-order chi connectivity index (χ0) is 40.3. The highest BCUT2D eigenvalue weighted by molar-refractivity contribution is 7.89. The minimum Gasteiger partial charge on any atom is -0.481 e. The number of aliphatic hydroxyl groups is 1. The highest BCUT2D eigenvalue weighted by Crippen LogP contribution is 2.49. The predicted molar refractivity (Wildman–Crippen MR) is 211 cm³/mol. The van der Waals surface area contributed by atoms with Crippen LogP contribution in [0.5, 0.6) is 5.75 Å². The Kier molecular flexibility index (Phi) is 14.9. The van der Waals surface area contributed by atoms with E-state index in [2.05, 4.69) is 10.3 Å². The van der Waals surface area contributed by atoms with Gasteiger partial charge in [0, 0.05) is 25.5 Å². The molecule has 0 unspecified atom stereocenters. The summed E-state index contributed by atoms with van der Waals surface area (Å²) in [5.74, 6) is 0.218. The molecular weight excluding hydrogens is 774 g/mol. The molecular formula is C41H50N3O11PS. The Morgan fingerprint density at radius 3 is 2.19 bits per heavy atom. The third kappa shape index (κ3) is 12.2. The van der Waals surface area contributed by atoms with E-state index in [0.29, 0.717) is 24.3 Å². The van der Waals surface area contributed by atoms with E-state index in [1.54, 1.807) is 24.3 Å². The number of aliphatic hydroxyl groups excluding tert-OH is 1. The van der Waals surface area contributed by atoms with Crippen molar-refractivity contribution >= 4 is 23.7 Å². The number of hydrogen-bond donors (Lipinski definition) is 2. The van der Waals surface area contributed by atoms with Crippen LogP contribution in [0.15, 0.2) is 114 Å². The molecule has 2 N–H and O–H groups in total. The molecule has 2 aliphatic heterocycles. The quantitative estimate of drug-likeness (QED) is 0.0976. The zero-order valence-corrected chi connectivity index (χ0v) is 33.7. The van der Waals surface area contributed by atoms with E-state index in [1.165, 1.54) is 28.8 Å². The van der Waals surface area contributed by atoms with Crippen molar-refractivity contribution in [3.63, 3.8) is 0 Å². The summed E-state index contributed by atoms with van der Waals surface area (Å²) >= 11 is 0. The number of nitrogens with one attached hydrogen (secondary N) is 1. The van der Waals surface area contributed by atoms with Crippen LogP contribution in [-0.4, -0.2) is 86.1 Å². The molecule has 0 saturated carbocycles. The van der Waals surface area contributed by atoms with Crippen molar-refractivity contribution in [1.82, 2.24) is 14.6 Å². The minimum atomic E-state index is -4.04. The molecule has 0 bridgehead atoms. The Bertz CT molecular complexity index is 1960. The second-order valence-electron chi connectivity index (χ2n) is 14.4. The third-order valence-corrected chi connectivity index (χ3v) is 12.9. The van der Waals surface area contributed by atoms with Gasteiger partial charge >= 0.3 is 13.7 Å². The minimum absolute atomic E-state index is 0.00703. The number of fused-ring (bicyclic) bond motifs is 1. The number of carbonyl (C=O) groups excluding carboxylic acids is 1. The van der Waals surface area contributed by atoms with Crippen molar-refractivity contribution in [3.05, 3.63) is 126 Å². The molecule has 4 aromatic rings. The van der Waals surface area contributed by atoms with E-state index in [4.69, 9.17) is 28.0 Å². The van der Waals surface area contributed by atoms with E-state index in [9.17, 15) is 22.9 Å². The molecule has 2 aliphatic rings. The number of hydrogen-bond acceptors (Lipinski definition) is 12. The fourth-order valence-electron chi connectivity index (χ4n) is 6.55. The molecule has 306 valence electrons. The highest BCUT2D eigenvalue weighted by Gasteiger charge is 2.44. The number of ether oxygens (including phenoxy) is 4. The van der Waals surface area contributed by atoms with Gasteiger partial charge in [-0.15, -0.1) is 0 Å². The van der Waals surface area contributed by atoms with Gasteiger partial charge in [-0.1, -0.05) is 86.6 Å². The van der Waals surface area contributed by atoms with Crippen molar-refractivity contribution < 1.29 is 50.9 Å². The second-order valence-corrected chi connectivity index (χ2v) is 18.4. The maximum atomic E-state index is 13.9. The monoisotopic (exact) mass is 823 g/mol. The largest absolute Gasteiger partial charge is 0.481 e. The molecule has 1 amide bonds. The molecule has 0 aliphatic carbocycles. The first-order valence-corrected chi connectivity index (χ1v) is 22.1. The normalized spacial score (nSPS) is 19.3. The summed E-state index contributed by atoms with van der Waals surface area (Å²) in [6.45, 7) is 4.38. The fraction of sp³-hybridized carbons (Fsp3) is 0.415. The summed E-state index contributed by atoms with van der Waals surface area (Å²) in [6, 6.07) is 27.5. The van der Waals surface area contributed by atoms with Gasteiger partial charge in [0.15, 0.2) is 12.6 Å². The van der Waals surface area contributed by atoms with Crippen molar-refractivity contribution in [3.8, 4) is 5.75 Å². The molecule has 6 rings (SSSR count). The Hall–Kier alpha value is -4.18. The summed E-state index contributed by atoms with van der Waals surface area (Å²) in [5, 5.41) is 14.5. The molecule has 2 saturated heterocycles. The smallest absolute Gasteiger partial charge is 0.407 e. The molecule has 16 heteroatoms. The number of nitrogens with zero attached hydrogens (tertiary/aromatic N) is 2. The van der Waals surface area contributed by atoms with Crippen LogP contribution >= 0.6 is 7.60 Å². The first-order valence-electron chi connectivity index (χ1n) is 18.9. The van der Waals surface area contributed by atoms with Gasteiger partial charge in [-0.2, -0.15) is 4.31 Å². The van der Waals surface area contributed by atoms with E-state index in [-0.39, 0.29) is 62.4 Å². The summed E-state index contributed by atoms with van der Waals surface area (Å²) in [5.41, 5.74) is 2.35. The number of benzene rings is 3. The highest BCUT2D eigenvalue weighted by atomic mass is 32.2. The van der Waals surface area contributed by atoms with Gasteiger partial charge in [-0.3, -0.25) is 9.55 Å². The van der Waals surface area contributed by atoms with Crippen LogP contribution in [-0.2, 0) is 57.5 Å². The molecule has 5 atom stereocenters. The van der Waals surface area contributed by atoms with Gasteiger partial charge in [-0.05, 0) is 59.7 Å². The number of carbonyl (C=O) groups is 1. The van der Waals surface area contributed by atoms with Crippen molar-refractivity contribution in [2.24, 2.45) is 11.8 Å². The molecule has 3 aromatic carbocycles. The summed E-state index contributed by atoms with van der Waals surface area (Å²) in [7, 11) is -7.79. The summed E-state index contributed by atoms with van der Waals surface area (Å²) < 4.78 is 77.1. The number of alkyl carbamates (subject to hydrolysis) is 1. The number of sulfonamides is 1. The Morgan fingerprint density at radius 1 is 0.912 bits per heavy atom. The van der Waals surface area contributed by atoms with Gasteiger partial charge in [0.25, 0.3) is 0 Å². The topological polar surface area (TPSA) is 172 Å². The summed E-state index contributed by atoms with van der Waals surface area (Å²) in [6.07, 6.45) is 0.112. The lowest BCUT2D eigenvalue weighted by molar-refractivity contribution is -0.0907. The Labute approximate surface area is 334 Å². The molecule has 57 heavy (non-hydrogen) atoms. The fourth-order valence-corrected chi connectivity index (χ4v) is 9.36. The van der Waals surface area contributed by atoms with E-state index < -0.39 is 48.3 Å². The predicted octanol–water partition coefficient (Wildman–Crippen LogP) is 6.15. The average Bonchev–Trinajstić information content (AvgIpc) is 3.85. The van der Waals surface area contributed by atoms with Gasteiger partial charge in [-0.25, -0.2) is 13.2 Å². The van der Waals surface area contributed by atoms with Crippen LogP contribution in [0, 0.1) is 11.8 Å². The molecule has 2 fully saturated rings. The second kappa shape index (κ2) is 20.0. The Morgan fingerprint density at radius 2 is 1.58 bits per heavy atom. The van der Waals surface area contributed by atoms with E-state index in [1.807, 2.05) is 74.5 Å². The van der Waals surface area contributed by atoms with E-state index in [0.717, 1.165) is 11.1 Å². The first kappa shape index (κ1) is 42.4. The standard InChI is InChI=1S/C41H50N3O11PS/c1-30(2)24-44(57(48,49)35-14-9-20-42-23-35)25-38(45)37(43-41(46)55-39-28-51-40-36(39)19-21-50-40)22-31-15-17-34(18-16-31)52-29-56(47,53-26-32-10-5-3-6-11-32)54-27-33-12-7-4-8-13-33/h3-18,20,23,30,36-40,45H,19,21-22,24-29H2,1-2H3,(H,43,46)/t36-,37-,38+,39-,40+/m0/s1. The first-order chi connectivity index (χ1) is 27.5. The van der Waals surface area contributed by atoms with Crippen LogP contribution in [0.2, 0.25) is 0 Å². The van der Waals surface area contributed by atoms with Gasteiger partial charge < -0.3 is 38.4 Å². The number of amides is 1. The molecule has 1 aromatic heterocycles. The lowest BCUT2D eigenvalue weighted by atomic mass is 10.0. The van der Waals surface area contributed by atoms with Crippen LogP contribution in [0.4, 0.5) is 4.79 Å². The molecule has 14 nitrogen and oxygen atoms in total. The van der Waals surface area contributed by atoms with Crippen LogP contribution in [0.25, 0.3) is 0 Å². The average molecular weight is 824 g/mol. The number of pyridine rings is 1. The van der Waals surface area contributed by atoms with Crippen molar-refractivity contribution in [2.75, 3.05) is 32.7 Å². The number of rotatable bonds is 20. The molecule has 3 heterocycles. The zero-order valence-electron chi connectivity index (χ0n) is 32.0. The Balaban J connectivity index is 1.15. The van der Waals surface area contributed by atoms with Crippen LogP contribution in [0.3, 0.4) is 0 Å². The maximum Gasteiger partial charge on any atom is 0.407 e. The molecule has 0 radical (unpaired) electrons. The SMILES string of the molecule is CC(C)CN(C[C@@H](O)[C@H](Cc1ccc(OCP(=O)(OCc2ccccc2)OCc2ccccc2)cc1)NC(=O)O[C@H]1CO[C@H]2OCC[C@H]21)S(=O)(=O)c1cccnc1. The lowest BCUT2D eigenvalue weighted by Crippen LogP contribution is -2.51.